The third-order valence-electron chi connectivity index (χ3n) is 1.95. The van der Waals surface area contributed by atoms with Crippen LogP contribution in [0.1, 0.15) is 24.7 Å². The van der Waals surface area contributed by atoms with E-state index in [0.29, 0.717) is 6.42 Å². The van der Waals surface area contributed by atoms with Gasteiger partial charge in [-0.15, -0.1) is 5.10 Å². The first-order valence-corrected chi connectivity index (χ1v) is 4.26. The summed E-state index contributed by atoms with van der Waals surface area (Å²) in [5.41, 5.74) is 1.74. The minimum atomic E-state index is -0.801. The van der Waals surface area contributed by atoms with E-state index in [4.69, 9.17) is 5.11 Å². The summed E-state index contributed by atoms with van der Waals surface area (Å²) in [6.45, 7) is 4.65. The van der Waals surface area contributed by atoms with Crippen LogP contribution in [0.3, 0.4) is 0 Å². The van der Waals surface area contributed by atoms with Gasteiger partial charge < -0.3 is 5.11 Å². The van der Waals surface area contributed by atoms with Crippen molar-refractivity contribution in [3.63, 3.8) is 0 Å². The minimum absolute atomic E-state index is 0.114. The summed E-state index contributed by atoms with van der Waals surface area (Å²) in [7, 11) is 0. The van der Waals surface area contributed by atoms with E-state index in [9.17, 15) is 4.79 Å². The number of rotatable bonds is 4. The minimum Gasteiger partial charge on any atom is -0.481 e. The van der Waals surface area contributed by atoms with Crippen molar-refractivity contribution in [2.45, 2.75) is 33.2 Å². The zero-order valence-electron chi connectivity index (χ0n) is 7.82. The molecule has 72 valence electrons. The van der Waals surface area contributed by atoms with Crippen molar-refractivity contribution >= 4 is 5.97 Å². The molecule has 0 fully saturated rings. The van der Waals surface area contributed by atoms with E-state index in [1.807, 2.05) is 13.8 Å². The molecule has 0 aliphatic carbocycles. The second-order valence-electron chi connectivity index (χ2n) is 2.83. The summed E-state index contributed by atoms with van der Waals surface area (Å²) in [4.78, 5) is 10.3. The molecule has 1 N–H and O–H groups in total. The molecule has 1 aromatic heterocycles. The number of carbonyl (C=O) groups is 1. The van der Waals surface area contributed by atoms with Crippen molar-refractivity contribution in [3.05, 3.63) is 11.4 Å². The smallest absolute Gasteiger partial charge is 0.303 e. The first kappa shape index (κ1) is 9.70. The number of carboxylic acid groups (broad SMARTS) is 1. The average molecular weight is 183 g/mol. The van der Waals surface area contributed by atoms with Crippen molar-refractivity contribution in [1.29, 1.82) is 0 Å². The maximum absolute atomic E-state index is 10.3. The van der Waals surface area contributed by atoms with Crippen LogP contribution in [0, 0.1) is 6.92 Å². The summed E-state index contributed by atoms with van der Waals surface area (Å²) in [6, 6.07) is 0. The number of aromatic nitrogens is 3. The Morgan fingerprint density at radius 1 is 1.62 bits per heavy atom. The van der Waals surface area contributed by atoms with E-state index >= 15 is 0 Å². The second-order valence-corrected chi connectivity index (χ2v) is 2.83. The van der Waals surface area contributed by atoms with Crippen LogP contribution < -0.4 is 0 Å². The molecule has 0 unspecified atom stereocenters. The number of carboxylic acids is 1. The van der Waals surface area contributed by atoms with Crippen LogP contribution in [0.25, 0.3) is 0 Å². The molecule has 0 saturated carbocycles. The van der Waals surface area contributed by atoms with Gasteiger partial charge in [0.2, 0.25) is 0 Å². The van der Waals surface area contributed by atoms with Gasteiger partial charge in [0.25, 0.3) is 0 Å². The molecular weight excluding hydrogens is 170 g/mol. The van der Waals surface area contributed by atoms with Crippen LogP contribution in [-0.2, 0) is 17.8 Å². The fourth-order valence-corrected chi connectivity index (χ4v) is 1.15. The van der Waals surface area contributed by atoms with Crippen LogP contribution in [0.2, 0.25) is 0 Å². The fraction of sp³-hybridized carbons (Fsp3) is 0.625. The van der Waals surface area contributed by atoms with Gasteiger partial charge in [-0.1, -0.05) is 5.21 Å². The standard InChI is InChI=1S/C8H13N3O2/c1-3-11-6(2)7(9-10-11)4-5-8(12)13/h3-5H2,1-2H3,(H,12,13). The molecule has 0 aliphatic heterocycles. The maximum atomic E-state index is 10.3. The number of aliphatic carboxylic acids is 1. The van der Waals surface area contributed by atoms with Crippen molar-refractivity contribution < 1.29 is 9.90 Å². The molecular formula is C8H13N3O2. The summed E-state index contributed by atoms with van der Waals surface area (Å²) in [5.74, 6) is -0.801. The molecule has 0 saturated heterocycles. The zero-order chi connectivity index (χ0) is 9.84. The number of hydrogen-bond acceptors (Lipinski definition) is 3. The van der Waals surface area contributed by atoms with Gasteiger partial charge >= 0.3 is 5.97 Å². The lowest BCUT2D eigenvalue weighted by Gasteiger charge is -1.97. The molecule has 0 amide bonds. The van der Waals surface area contributed by atoms with Crippen LogP contribution in [0.15, 0.2) is 0 Å². The number of aryl methyl sites for hydroxylation is 2. The largest absolute Gasteiger partial charge is 0.481 e. The number of nitrogens with zero attached hydrogens (tertiary/aromatic N) is 3. The Balaban J connectivity index is 2.67. The van der Waals surface area contributed by atoms with Crippen LogP contribution >= 0.6 is 0 Å². The normalized spacial score (nSPS) is 10.3. The van der Waals surface area contributed by atoms with E-state index < -0.39 is 5.97 Å². The molecule has 0 spiro atoms. The van der Waals surface area contributed by atoms with Crippen LogP contribution in [0.4, 0.5) is 0 Å². The third kappa shape index (κ3) is 2.27. The molecule has 5 heteroatoms. The van der Waals surface area contributed by atoms with Crippen LogP contribution in [-0.4, -0.2) is 26.1 Å². The Morgan fingerprint density at radius 3 is 2.77 bits per heavy atom. The van der Waals surface area contributed by atoms with Gasteiger partial charge in [-0.05, 0) is 13.8 Å². The first-order chi connectivity index (χ1) is 6.15. The lowest BCUT2D eigenvalue weighted by molar-refractivity contribution is -0.136. The van der Waals surface area contributed by atoms with Gasteiger partial charge in [0.1, 0.15) is 0 Å². The summed E-state index contributed by atoms with van der Waals surface area (Å²) >= 11 is 0. The molecule has 0 bridgehead atoms. The quantitative estimate of drug-likeness (QED) is 0.743. The topological polar surface area (TPSA) is 68.0 Å². The van der Waals surface area contributed by atoms with Crippen LogP contribution in [0.5, 0.6) is 0 Å². The number of hydrogen-bond donors (Lipinski definition) is 1. The van der Waals surface area contributed by atoms with E-state index in [-0.39, 0.29) is 6.42 Å². The lowest BCUT2D eigenvalue weighted by atomic mass is 10.2. The second kappa shape index (κ2) is 4.02. The van der Waals surface area contributed by atoms with Crippen molar-refractivity contribution in [3.8, 4) is 0 Å². The monoisotopic (exact) mass is 183 g/mol. The van der Waals surface area contributed by atoms with Gasteiger partial charge in [0.05, 0.1) is 17.8 Å². The van der Waals surface area contributed by atoms with E-state index in [2.05, 4.69) is 10.3 Å². The first-order valence-electron chi connectivity index (χ1n) is 4.26. The summed E-state index contributed by atoms with van der Waals surface area (Å²) < 4.78 is 1.76. The van der Waals surface area contributed by atoms with E-state index in [1.165, 1.54) is 0 Å². The zero-order valence-corrected chi connectivity index (χ0v) is 7.82. The summed E-state index contributed by atoms with van der Waals surface area (Å²) in [6.07, 6.45) is 0.574. The van der Waals surface area contributed by atoms with Crippen molar-refractivity contribution in [1.82, 2.24) is 15.0 Å². The molecule has 13 heavy (non-hydrogen) atoms. The average Bonchev–Trinajstić information content (AvgIpc) is 2.43. The highest BCUT2D eigenvalue weighted by atomic mass is 16.4. The van der Waals surface area contributed by atoms with Crippen molar-refractivity contribution in [2.24, 2.45) is 0 Å². The lowest BCUT2D eigenvalue weighted by Crippen LogP contribution is -2.01. The Labute approximate surface area is 76.4 Å². The summed E-state index contributed by atoms with van der Waals surface area (Å²) in [5, 5.41) is 16.3. The molecule has 0 aromatic carbocycles. The highest BCUT2D eigenvalue weighted by molar-refractivity contribution is 5.66. The Morgan fingerprint density at radius 2 is 2.31 bits per heavy atom. The van der Waals surface area contributed by atoms with Gasteiger partial charge in [-0.2, -0.15) is 0 Å². The molecule has 1 heterocycles. The van der Waals surface area contributed by atoms with E-state index in [0.717, 1.165) is 17.9 Å². The Hall–Kier alpha value is -1.39. The molecule has 0 radical (unpaired) electrons. The third-order valence-corrected chi connectivity index (χ3v) is 1.95. The van der Waals surface area contributed by atoms with Gasteiger partial charge in [-0.25, -0.2) is 4.68 Å². The SMILES string of the molecule is CCn1nnc(CCC(=O)O)c1C. The molecule has 1 aromatic rings. The van der Waals surface area contributed by atoms with E-state index in [1.54, 1.807) is 4.68 Å². The predicted octanol–water partition coefficient (Wildman–Crippen LogP) is 0.624. The van der Waals surface area contributed by atoms with Gasteiger partial charge in [-0.3, -0.25) is 4.79 Å². The van der Waals surface area contributed by atoms with Crippen molar-refractivity contribution in [2.75, 3.05) is 0 Å². The molecule has 0 atom stereocenters. The predicted molar refractivity (Wildman–Crippen MR) is 46.4 cm³/mol. The Bertz CT molecular complexity index is 306. The van der Waals surface area contributed by atoms with Gasteiger partial charge in [0, 0.05) is 13.0 Å². The molecule has 0 aliphatic rings. The maximum Gasteiger partial charge on any atom is 0.303 e. The molecule has 5 nitrogen and oxygen atoms in total. The van der Waals surface area contributed by atoms with Gasteiger partial charge in [0.15, 0.2) is 0 Å². The molecule has 1 rings (SSSR count). The highest BCUT2D eigenvalue weighted by Gasteiger charge is 2.08. The fourth-order valence-electron chi connectivity index (χ4n) is 1.15. The Kier molecular flexibility index (Phi) is 3.00. The highest BCUT2D eigenvalue weighted by Crippen LogP contribution is 2.05.